The Morgan fingerprint density at radius 2 is 2.31 bits per heavy atom. The Balaban J connectivity index is 2.85. The van der Waals surface area contributed by atoms with Crippen LogP contribution in [0.15, 0.2) is 23.2 Å². The lowest BCUT2D eigenvalue weighted by Gasteiger charge is -2.04. The number of aryl methyl sites for hydroxylation is 1. The number of methoxy groups -OCH3 is 1. The molecule has 2 rings (SSSR count). The molecule has 3 nitrogen and oxygen atoms in total. The molecule has 0 aliphatic carbocycles. The Bertz CT molecular complexity index is 450. The first kappa shape index (κ1) is 8.56. The molecule has 0 saturated heterocycles. The van der Waals surface area contributed by atoms with Crippen molar-refractivity contribution in [2.24, 2.45) is 0 Å². The van der Waals surface area contributed by atoms with E-state index in [1.54, 1.807) is 13.4 Å². The van der Waals surface area contributed by atoms with Crippen LogP contribution in [0.25, 0.3) is 5.52 Å². The first-order valence-corrected chi connectivity index (χ1v) is 4.68. The molecule has 0 aliphatic heterocycles. The van der Waals surface area contributed by atoms with Gasteiger partial charge in [-0.2, -0.15) is 0 Å². The maximum Gasteiger partial charge on any atom is 0.146 e. The minimum atomic E-state index is 0.810. The minimum Gasteiger partial charge on any atom is -0.494 e. The number of pyridine rings is 1. The molecule has 0 radical (unpaired) electrons. The molecule has 0 amide bonds. The zero-order valence-corrected chi connectivity index (χ0v) is 9.00. The standard InChI is InChI=1S/C9H9BrN2O/c1-6-3-7(13-2)8-9(10)11-5-12(8)4-6/h3-5H,1-2H3. The summed E-state index contributed by atoms with van der Waals surface area (Å²) in [6.07, 6.45) is 3.77. The first-order valence-electron chi connectivity index (χ1n) is 3.89. The summed E-state index contributed by atoms with van der Waals surface area (Å²) in [5, 5.41) is 0. The molecule has 2 aromatic rings. The number of aromatic nitrogens is 2. The molecule has 0 N–H and O–H groups in total. The Morgan fingerprint density at radius 3 is 3.00 bits per heavy atom. The third-order valence-corrected chi connectivity index (χ3v) is 2.48. The van der Waals surface area contributed by atoms with Gasteiger partial charge in [-0.05, 0) is 34.5 Å². The molecule has 13 heavy (non-hydrogen) atoms. The zero-order chi connectivity index (χ0) is 9.42. The molecule has 68 valence electrons. The van der Waals surface area contributed by atoms with E-state index in [4.69, 9.17) is 4.74 Å². The Morgan fingerprint density at radius 1 is 1.54 bits per heavy atom. The van der Waals surface area contributed by atoms with Crippen LogP contribution in [-0.2, 0) is 0 Å². The number of fused-ring (bicyclic) bond motifs is 1. The highest BCUT2D eigenvalue weighted by Crippen LogP contribution is 2.27. The molecule has 2 aromatic heterocycles. The number of halogens is 1. The quantitative estimate of drug-likeness (QED) is 0.766. The van der Waals surface area contributed by atoms with Crippen molar-refractivity contribution in [1.82, 2.24) is 9.38 Å². The van der Waals surface area contributed by atoms with Crippen LogP contribution in [-0.4, -0.2) is 16.5 Å². The number of nitrogens with zero attached hydrogens (tertiary/aromatic N) is 2. The van der Waals surface area contributed by atoms with Gasteiger partial charge in [0.15, 0.2) is 0 Å². The van der Waals surface area contributed by atoms with E-state index in [9.17, 15) is 0 Å². The van der Waals surface area contributed by atoms with Crippen LogP contribution in [0.2, 0.25) is 0 Å². The Hall–Kier alpha value is -1.03. The highest BCUT2D eigenvalue weighted by molar-refractivity contribution is 9.10. The fraction of sp³-hybridized carbons (Fsp3) is 0.222. The second-order valence-electron chi connectivity index (χ2n) is 2.88. The third-order valence-electron chi connectivity index (χ3n) is 1.90. The van der Waals surface area contributed by atoms with Crippen molar-refractivity contribution in [3.63, 3.8) is 0 Å². The van der Waals surface area contributed by atoms with Crippen molar-refractivity contribution < 1.29 is 4.74 Å². The van der Waals surface area contributed by atoms with E-state index in [2.05, 4.69) is 20.9 Å². The number of hydrogen-bond donors (Lipinski definition) is 0. The van der Waals surface area contributed by atoms with E-state index >= 15 is 0 Å². The number of hydrogen-bond acceptors (Lipinski definition) is 2. The number of ether oxygens (including phenoxy) is 1. The summed E-state index contributed by atoms with van der Waals surface area (Å²) in [4.78, 5) is 4.15. The van der Waals surface area contributed by atoms with Gasteiger partial charge in [0.2, 0.25) is 0 Å². The van der Waals surface area contributed by atoms with Gasteiger partial charge in [-0.15, -0.1) is 0 Å². The predicted molar refractivity (Wildman–Crippen MR) is 54.2 cm³/mol. The van der Waals surface area contributed by atoms with Gasteiger partial charge in [-0.1, -0.05) is 0 Å². The van der Waals surface area contributed by atoms with Gasteiger partial charge in [0.25, 0.3) is 0 Å². The smallest absolute Gasteiger partial charge is 0.146 e. The molecule has 4 heteroatoms. The lowest BCUT2D eigenvalue weighted by molar-refractivity contribution is 0.417. The molecule has 0 bridgehead atoms. The topological polar surface area (TPSA) is 26.5 Å². The number of rotatable bonds is 1. The average molecular weight is 241 g/mol. The van der Waals surface area contributed by atoms with Crippen molar-refractivity contribution in [1.29, 1.82) is 0 Å². The number of imidazole rings is 1. The largest absolute Gasteiger partial charge is 0.494 e. The van der Waals surface area contributed by atoms with Gasteiger partial charge < -0.3 is 9.14 Å². The van der Waals surface area contributed by atoms with Crippen LogP contribution in [0, 0.1) is 6.92 Å². The maximum absolute atomic E-state index is 5.26. The molecule has 0 fully saturated rings. The van der Waals surface area contributed by atoms with E-state index in [1.807, 2.05) is 23.6 Å². The van der Waals surface area contributed by atoms with Gasteiger partial charge in [0, 0.05) is 6.20 Å². The molecule has 0 aromatic carbocycles. The molecule has 0 aliphatic rings. The fourth-order valence-electron chi connectivity index (χ4n) is 1.35. The van der Waals surface area contributed by atoms with Crippen LogP contribution in [0.5, 0.6) is 5.75 Å². The van der Waals surface area contributed by atoms with E-state index in [-0.39, 0.29) is 0 Å². The molecule has 0 saturated carbocycles. The molecule has 2 heterocycles. The van der Waals surface area contributed by atoms with Gasteiger partial charge >= 0.3 is 0 Å². The van der Waals surface area contributed by atoms with Crippen molar-refractivity contribution in [2.45, 2.75) is 6.92 Å². The van der Waals surface area contributed by atoms with Crippen LogP contribution < -0.4 is 4.74 Å². The Kier molecular flexibility index (Phi) is 2.00. The summed E-state index contributed by atoms with van der Waals surface area (Å²) >= 11 is 3.37. The maximum atomic E-state index is 5.26. The second-order valence-corrected chi connectivity index (χ2v) is 3.63. The molecule has 0 atom stereocenters. The monoisotopic (exact) mass is 240 g/mol. The highest BCUT2D eigenvalue weighted by atomic mass is 79.9. The average Bonchev–Trinajstić information content (AvgIpc) is 2.46. The van der Waals surface area contributed by atoms with Gasteiger partial charge in [-0.3, -0.25) is 0 Å². The van der Waals surface area contributed by atoms with Crippen LogP contribution in [0.1, 0.15) is 5.56 Å². The first-order chi connectivity index (χ1) is 6.22. The van der Waals surface area contributed by atoms with Crippen molar-refractivity contribution in [3.05, 3.63) is 28.8 Å². The summed E-state index contributed by atoms with van der Waals surface area (Å²) in [6, 6.07) is 1.99. The van der Waals surface area contributed by atoms with Gasteiger partial charge in [0.1, 0.15) is 22.2 Å². The third kappa shape index (κ3) is 1.31. The van der Waals surface area contributed by atoms with Crippen LogP contribution >= 0.6 is 15.9 Å². The van der Waals surface area contributed by atoms with Gasteiger partial charge in [0.05, 0.1) is 7.11 Å². The molecular formula is C9H9BrN2O. The van der Waals surface area contributed by atoms with Crippen LogP contribution in [0.4, 0.5) is 0 Å². The van der Waals surface area contributed by atoms with E-state index in [0.717, 1.165) is 21.4 Å². The fourth-order valence-corrected chi connectivity index (χ4v) is 1.84. The van der Waals surface area contributed by atoms with E-state index < -0.39 is 0 Å². The van der Waals surface area contributed by atoms with Crippen molar-refractivity contribution >= 4 is 21.4 Å². The SMILES string of the molecule is COc1cc(C)cn2cnc(Br)c12. The van der Waals surface area contributed by atoms with Crippen molar-refractivity contribution in [3.8, 4) is 5.75 Å². The summed E-state index contributed by atoms with van der Waals surface area (Å²) in [5.74, 6) is 0.837. The van der Waals surface area contributed by atoms with Crippen LogP contribution in [0.3, 0.4) is 0 Å². The summed E-state index contributed by atoms with van der Waals surface area (Å²) < 4.78 is 8.01. The normalized spacial score (nSPS) is 10.7. The Labute approximate surface area is 84.5 Å². The minimum absolute atomic E-state index is 0.810. The van der Waals surface area contributed by atoms with Crippen molar-refractivity contribution in [2.75, 3.05) is 7.11 Å². The molecule has 0 unspecified atom stereocenters. The summed E-state index contributed by atoms with van der Waals surface area (Å²) in [5.41, 5.74) is 2.11. The summed E-state index contributed by atoms with van der Waals surface area (Å²) in [6.45, 7) is 2.02. The molecule has 0 spiro atoms. The van der Waals surface area contributed by atoms with E-state index in [1.165, 1.54) is 0 Å². The summed E-state index contributed by atoms with van der Waals surface area (Å²) in [7, 11) is 1.66. The van der Waals surface area contributed by atoms with Gasteiger partial charge in [-0.25, -0.2) is 4.98 Å². The second kappa shape index (κ2) is 3.03. The van der Waals surface area contributed by atoms with E-state index in [0.29, 0.717) is 0 Å². The zero-order valence-electron chi connectivity index (χ0n) is 7.41. The predicted octanol–water partition coefficient (Wildman–Crippen LogP) is 2.41. The molecular weight excluding hydrogens is 232 g/mol. The lowest BCUT2D eigenvalue weighted by atomic mass is 10.3. The highest BCUT2D eigenvalue weighted by Gasteiger charge is 2.07. The lowest BCUT2D eigenvalue weighted by Crippen LogP contribution is -1.90.